The summed E-state index contributed by atoms with van der Waals surface area (Å²) in [5, 5.41) is 20.3. The van der Waals surface area contributed by atoms with Crippen LogP contribution in [0.25, 0.3) is 0 Å². The summed E-state index contributed by atoms with van der Waals surface area (Å²) in [5.74, 6) is -1.14. The number of nitrogens with one attached hydrogen (secondary N) is 2. The lowest BCUT2D eigenvalue weighted by molar-refractivity contribution is -0.151. The molecule has 0 radical (unpaired) electrons. The first-order valence-corrected chi connectivity index (χ1v) is 7.69. The molecule has 2 atom stereocenters. The van der Waals surface area contributed by atoms with Crippen LogP contribution < -0.4 is 11.1 Å². The third kappa shape index (κ3) is 6.00. The van der Waals surface area contributed by atoms with E-state index in [0.29, 0.717) is 12.0 Å². The molecular formula is C16H23ClN4O4. The number of nitrogens with two attached hydrogens (primary N) is 1. The number of amides is 1. The second-order valence-electron chi connectivity index (χ2n) is 5.76. The number of carboxylic acid groups (broad SMARTS) is 1. The Balaban J connectivity index is 0.00000312. The Labute approximate surface area is 152 Å². The number of aliphatic carboxylic acids is 1. The van der Waals surface area contributed by atoms with Crippen molar-refractivity contribution in [1.29, 1.82) is 5.41 Å². The highest BCUT2D eigenvalue weighted by atomic mass is 35.5. The highest BCUT2D eigenvalue weighted by molar-refractivity contribution is 5.94. The van der Waals surface area contributed by atoms with Gasteiger partial charge in [-0.15, -0.1) is 12.4 Å². The van der Waals surface area contributed by atoms with Crippen molar-refractivity contribution < 1.29 is 19.5 Å². The molecule has 25 heavy (non-hydrogen) atoms. The maximum Gasteiger partial charge on any atom is 0.305 e. The minimum absolute atomic E-state index is 0. The van der Waals surface area contributed by atoms with Gasteiger partial charge in [0.2, 0.25) is 5.91 Å². The van der Waals surface area contributed by atoms with Gasteiger partial charge in [0.05, 0.1) is 25.0 Å². The lowest BCUT2D eigenvalue weighted by Crippen LogP contribution is -2.29. The zero-order valence-electron chi connectivity index (χ0n) is 13.9. The van der Waals surface area contributed by atoms with Crippen LogP contribution in [0.5, 0.6) is 0 Å². The molecule has 8 nitrogen and oxygen atoms in total. The van der Waals surface area contributed by atoms with Gasteiger partial charge in [-0.2, -0.15) is 5.06 Å². The summed E-state index contributed by atoms with van der Waals surface area (Å²) >= 11 is 0. The SMILES string of the molecule is CN1O[C@H](CC(=O)NCCC(=O)O)C[C@@H]1c1ccc(C(=N)N)cc1.Cl. The van der Waals surface area contributed by atoms with Gasteiger partial charge >= 0.3 is 5.97 Å². The molecule has 138 valence electrons. The van der Waals surface area contributed by atoms with Crippen LogP contribution in [-0.2, 0) is 14.4 Å². The Morgan fingerprint density at radius 2 is 2.04 bits per heavy atom. The normalized spacial score (nSPS) is 19.9. The van der Waals surface area contributed by atoms with Gasteiger partial charge in [-0.05, 0) is 12.0 Å². The maximum absolute atomic E-state index is 11.8. The number of carboxylic acids is 1. The van der Waals surface area contributed by atoms with E-state index in [4.69, 9.17) is 21.1 Å². The van der Waals surface area contributed by atoms with E-state index in [1.54, 1.807) is 17.2 Å². The first kappa shape index (κ1) is 20.9. The fourth-order valence-electron chi connectivity index (χ4n) is 2.69. The van der Waals surface area contributed by atoms with Crippen molar-refractivity contribution in [2.45, 2.75) is 31.4 Å². The van der Waals surface area contributed by atoms with Gasteiger partial charge in [0.15, 0.2) is 0 Å². The van der Waals surface area contributed by atoms with Crippen molar-refractivity contribution in [3.05, 3.63) is 35.4 Å². The van der Waals surface area contributed by atoms with Gasteiger partial charge in [-0.1, -0.05) is 24.3 Å². The summed E-state index contributed by atoms with van der Waals surface area (Å²) in [4.78, 5) is 27.9. The van der Waals surface area contributed by atoms with Crippen LogP contribution in [-0.4, -0.2) is 47.6 Å². The number of carbonyl (C=O) groups is 2. The smallest absolute Gasteiger partial charge is 0.305 e. The summed E-state index contributed by atoms with van der Waals surface area (Å²) in [5.41, 5.74) is 7.13. The summed E-state index contributed by atoms with van der Waals surface area (Å²) in [7, 11) is 1.81. The number of nitrogens with zero attached hydrogens (tertiary/aromatic N) is 1. The molecule has 0 bridgehead atoms. The van der Waals surface area contributed by atoms with Crippen molar-refractivity contribution >= 4 is 30.1 Å². The highest BCUT2D eigenvalue weighted by Gasteiger charge is 2.33. The average Bonchev–Trinajstić information content (AvgIpc) is 2.87. The minimum Gasteiger partial charge on any atom is -0.481 e. The molecule has 0 saturated carbocycles. The lowest BCUT2D eigenvalue weighted by Gasteiger charge is -2.17. The largest absolute Gasteiger partial charge is 0.481 e. The number of nitrogen functional groups attached to an aromatic ring is 1. The van der Waals surface area contributed by atoms with Gasteiger partial charge in [-0.25, -0.2) is 0 Å². The second-order valence-corrected chi connectivity index (χ2v) is 5.76. The molecule has 1 fully saturated rings. The molecule has 1 aliphatic heterocycles. The second kappa shape index (κ2) is 9.36. The highest BCUT2D eigenvalue weighted by Crippen LogP contribution is 2.33. The number of hydrogen-bond donors (Lipinski definition) is 4. The van der Waals surface area contributed by atoms with E-state index in [-0.39, 0.29) is 55.7 Å². The average molecular weight is 371 g/mol. The number of benzene rings is 1. The van der Waals surface area contributed by atoms with E-state index in [1.807, 2.05) is 19.2 Å². The molecule has 2 rings (SSSR count). The van der Waals surface area contributed by atoms with Crippen molar-refractivity contribution in [3.63, 3.8) is 0 Å². The van der Waals surface area contributed by atoms with E-state index < -0.39 is 5.97 Å². The quantitative estimate of drug-likeness (QED) is 0.419. The van der Waals surface area contributed by atoms with E-state index >= 15 is 0 Å². The molecule has 0 spiro atoms. The number of amidine groups is 1. The molecule has 0 aliphatic carbocycles. The van der Waals surface area contributed by atoms with Crippen molar-refractivity contribution in [1.82, 2.24) is 10.4 Å². The third-order valence-electron chi connectivity index (χ3n) is 3.92. The van der Waals surface area contributed by atoms with Crippen molar-refractivity contribution in [2.75, 3.05) is 13.6 Å². The van der Waals surface area contributed by atoms with E-state index in [0.717, 1.165) is 5.56 Å². The van der Waals surface area contributed by atoms with Crippen LogP contribution in [0.4, 0.5) is 0 Å². The van der Waals surface area contributed by atoms with E-state index in [9.17, 15) is 9.59 Å². The van der Waals surface area contributed by atoms with Gasteiger partial charge < -0.3 is 16.2 Å². The van der Waals surface area contributed by atoms with Crippen LogP contribution >= 0.6 is 12.4 Å². The molecular weight excluding hydrogens is 348 g/mol. The monoisotopic (exact) mass is 370 g/mol. The first-order valence-electron chi connectivity index (χ1n) is 7.69. The number of halogens is 1. The number of rotatable bonds is 7. The molecule has 0 aromatic heterocycles. The summed E-state index contributed by atoms with van der Waals surface area (Å²) < 4.78 is 0. The third-order valence-corrected chi connectivity index (χ3v) is 3.92. The lowest BCUT2D eigenvalue weighted by atomic mass is 9.99. The molecule has 1 saturated heterocycles. The maximum atomic E-state index is 11.8. The fraction of sp³-hybridized carbons (Fsp3) is 0.438. The first-order chi connectivity index (χ1) is 11.4. The van der Waals surface area contributed by atoms with E-state index in [1.165, 1.54) is 0 Å². The zero-order chi connectivity index (χ0) is 17.7. The Morgan fingerprint density at radius 3 is 2.60 bits per heavy atom. The number of carbonyl (C=O) groups excluding carboxylic acids is 1. The fourth-order valence-corrected chi connectivity index (χ4v) is 2.69. The predicted octanol–water partition coefficient (Wildman–Crippen LogP) is 1.05. The van der Waals surface area contributed by atoms with Crippen molar-refractivity contribution in [2.24, 2.45) is 5.73 Å². The topological polar surface area (TPSA) is 129 Å². The summed E-state index contributed by atoms with van der Waals surface area (Å²) in [6, 6.07) is 7.39. The van der Waals surface area contributed by atoms with Crippen LogP contribution in [0, 0.1) is 5.41 Å². The Kier molecular flexibility index (Phi) is 7.82. The number of hydroxylamine groups is 2. The summed E-state index contributed by atoms with van der Waals surface area (Å²) in [6.45, 7) is 0.118. The van der Waals surface area contributed by atoms with Gasteiger partial charge in [0, 0.05) is 19.2 Å². The van der Waals surface area contributed by atoms with Crippen LogP contribution in [0.15, 0.2) is 24.3 Å². The molecule has 1 heterocycles. The molecule has 1 aromatic rings. The van der Waals surface area contributed by atoms with Gasteiger partial charge in [0.25, 0.3) is 0 Å². The molecule has 1 amide bonds. The standard InChI is InChI=1S/C16H22N4O4.ClH/c1-20-13(10-2-4-11(5-3-10)16(17)18)8-12(24-20)9-14(21)19-7-6-15(22)23;/h2-5,12-13H,6-9H2,1H3,(H3,17,18)(H,19,21)(H,22,23);1H/t12-,13+;/m0./s1. The molecule has 1 aliphatic rings. The Hall–Kier alpha value is -2.16. The van der Waals surface area contributed by atoms with Gasteiger partial charge in [-0.3, -0.25) is 19.8 Å². The summed E-state index contributed by atoms with van der Waals surface area (Å²) in [6.07, 6.45) is 0.494. The number of hydrogen-bond acceptors (Lipinski definition) is 5. The van der Waals surface area contributed by atoms with Crippen molar-refractivity contribution in [3.8, 4) is 0 Å². The van der Waals surface area contributed by atoms with Gasteiger partial charge in [0.1, 0.15) is 5.84 Å². The van der Waals surface area contributed by atoms with Crippen LogP contribution in [0.3, 0.4) is 0 Å². The molecule has 9 heteroatoms. The molecule has 0 unspecified atom stereocenters. The van der Waals surface area contributed by atoms with E-state index in [2.05, 4.69) is 5.32 Å². The Bertz CT molecular complexity index is 623. The minimum atomic E-state index is -0.943. The molecule has 5 N–H and O–H groups in total. The Morgan fingerprint density at radius 1 is 1.40 bits per heavy atom. The predicted molar refractivity (Wildman–Crippen MR) is 94.6 cm³/mol. The molecule has 1 aromatic carbocycles. The van der Waals surface area contributed by atoms with Crippen LogP contribution in [0.2, 0.25) is 0 Å². The zero-order valence-corrected chi connectivity index (χ0v) is 14.7. The van der Waals surface area contributed by atoms with Crippen LogP contribution in [0.1, 0.15) is 36.4 Å².